The Morgan fingerprint density at radius 1 is 1.00 bits per heavy atom. The molecule has 2 aromatic rings. The molecule has 0 spiro atoms. The van der Waals surface area contributed by atoms with E-state index in [9.17, 15) is 9.59 Å². The van der Waals surface area contributed by atoms with Crippen LogP contribution >= 0.6 is 0 Å². The number of hydrogen-bond donors (Lipinski definition) is 1. The summed E-state index contributed by atoms with van der Waals surface area (Å²) < 4.78 is 1.85. The second kappa shape index (κ2) is 5.09. The van der Waals surface area contributed by atoms with Gasteiger partial charge in [-0.2, -0.15) is 0 Å². The van der Waals surface area contributed by atoms with Gasteiger partial charge in [0.15, 0.2) is 0 Å². The third-order valence-electron chi connectivity index (χ3n) is 3.72. The highest BCUT2D eigenvalue weighted by Crippen LogP contribution is 2.23. The highest BCUT2D eigenvalue weighted by atomic mass is 16.2. The molecule has 0 aliphatic carbocycles. The van der Waals surface area contributed by atoms with Crippen LogP contribution in [0.15, 0.2) is 42.5 Å². The second-order valence-electron chi connectivity index (χ2n) is 5.24. The maximum Gasteiger partial charge on any atom is 0.258 e. The van der Waals surface area contributed by atoms with Crippen molar-refractivity contribution < 1.29 is 9.59 Å². The van der Waals surface area contributed by atoms with Gasteiger partial charge in [-0.3, -0.25) is 14.3 Å². The van der Waals surface area contributed by atoms with Gasteiger partial charge in [0, 0.05) is 11.4 Å². The summed E-state index contributed by atoms with van der Waals surface area (Å²) in [5.74, 6) is -0.384. The van der Waals surface area contributed by atoms with Crippen LogP contribution in [-0.2, 0) is 9.59 Å². The second-order valence-corrected chi connectivity index (χ2v) is 5.24. The molecule has 1 saturated heterocycles. The average molecular weight is 283 g/mol. The summed E-state index contributed by atoms with van der Waals surface area (Å²) >= 11 is 0. The summed E-state index contributed by atoms with van der Waals surface area (Å²) in [4.78, 5) is 25.9. The largest absolute Gasteiger partial charge is 0.313 e. The van der Waals surface area contributed by atoms with Crippen molar-refractivity contribution in [2.75, 3.05) is 10.3 Å². The van der Waals surface area contributed by atoms with Crippen LogP contribution in [0.3, 0.4) is 0 Å². The lowest BCUT2D eigenvalue weighted by Gasteiger charge is -2.18. The number of nitrogens with zero attached hydrogens (tertiary/aromatic N) is 2. The highest BCUT2D eigenvalue weighted by molar-refractivity contribution is 6.22. The number of hydrogen-bond acceptors (Lipinski definition) is 3. The number of benzene rings is 1. The van der Waals surface area contributed by atoms with Gasteiger partial charge in [0.25, 0.3) is 5.91 Å². The monoisotopic (exact) mass is 283 g/mol. The molecule has 1 aromatic heterocycles. The Balaban J connectivity index is 1.84. The molecule has 1 fully saturated rings. The van der Waals surface area contributed by atoms with E-state index in [4.69, 9.17) is 0 Å². The number of carbonyl (C=O) groups is 2. The quantitative estimate of drug-likeness (QED) is 0.876. The summed E-state index contributed by atoms with van der Waals surface area (Å²) in [5, 5.41) is 0. The molecule has 2 amide bonds. The molecule has 0 radical (unpaired) electrons. The molecule has 1 aliphatic heterocycles. The summed E-state index contributed by atoms with van der Waals surface area (Å²) in [6.07, 6.45) is 0.171. The standard InChI is InChI=1S/C16H17N3O2/c1-11-8-9-12(2)19(11)17-14-10-15(20)18(16(14)21)13-6-4-3-5-7-13/h3-9,14,17H,10H2,1-2H3. The van der Waals surface area contributed by atoms with Crippen LogP contribution in [0.1, 0.15) is 17.8 Å². The topological polar surface area (TPSA) is 54.3 Å². The summed E-state index contributed by atoms with van der Waals surface area (Å²) in [5.41, 5.74) is 5.78. The van der Waals surface area contributed by atoms with Crippen LogP contribution in [-0.4, -0.2) is 22.5 Å². The first-order chi connectivity index (χ1) is 10.1. The van der Waals surface area contributed by atoms with Gasteiger partial charge in [0.1, 0.15) is 6.04 Å². The van der Waals surface area contributed by atoms with Crippen molar-refractivity contribution in [3.05, 3.63) is 53.9 Å². The SMILES string of the molecule is Cc1ccc(C)n1NC1CC(=O)N(c2ccccc2)C1=O. The molecule has 1 atom stereocenters. The smallest absolute Gasteiger partial charge is 0.258 e. The van der Waals surface area contributed by atoms with Gasteiger partial charge in [-0.1, -0.05) is 18.2 Å². The van der Waals surface area contributed by atoms with E-state index >= 15 is 0 Å². The predicted octanol–water partition coefficient (Wildman–Crippen LogP) is 1.98. The lowest BCUT2D eigenvalue weighted by atomic mass is 10.2. The molecule has 3 rings (SSSR count). The maximum absolute atomic E-state index is 12.5. The van der Waals surface area contributed by atoms with Crippen LogP contribution in [0.4, 0.5) is 5.69 Å². The molecule has 0 saturated carbocycles. The van der Waals surface area contributed by atoms with Crippen molar-refractivity contribution in [3.63, 3.8) is 0 Å². The minimum absolute atomic E-state index is 0.171. The van der Waals surface area contributed by atoms with E-state index in [1.54, 1.807) is 12.1 Å². The average Bonchev–Trinajstić information content (AvgIpc) is 2.94. The number of anilines is 1. The van der Waals surface area contributed by atoms with Crippen LogP contribution in [0.2, 0.25) is 0 Å². The Hall–Kier alpha value is -2.56. The normalized spacial score (nSPS) is 18.4. The van der Waals surface area contributed by atoms with Gasteiger partial charge < -0.3 is 5.43 Å². The minimum atomic E-state index is -0.525. The molecule has 5 heteroatoms. The van der Waals surface area contributed by atoms with Gasteiger partial charge in [-0.15, -0.1) is 0 Å². The van der Waals surface area contributed by atoms with E-state index in [1.807, 2.05) is 48.9 Å². The molecule has 2 heterocycles. The van der Waals surface area contributed by atoms with Crippen molar-refractivity contribution >= 4 is 17.5 Å². The zero-order chi connectivity index (χ0) is 15.0. The Bertz CT molecular complexity index is 671. The molecule has 1 aromatic carbocycles. The predicted molar refractivity (Wildman–Crippen MR) is 80.6 cm³/mol. The van der Waals surface area contributed by atoms with E-state index in [1.165, 1.54) is 4.90 Å². The van der Waals surface area contributed by atoms with Gasteiger partial charge in [0.2, 0.25) is 5.91 Å². The Morgan fingerprint density at radius 3 is 2.24 bits per heavy atom. The Kier molecular flexibility index (Phi) is 3.25. The lowest BCUT2D eigenvalue weighted by molar-refractivity contribution is -0.121. The number of aryl methyl sites for hydroxylation is 2. The van der Waals surface area contributed by atoms with Crippen molar-refractivity contribution in [2.24, 2.45) is 0 Å². The van der Waals surface area contributed by atoms with Crippen molar-refractivity contribution in [1.82, 2.24) is 4.68 Å². The third kappa shape index (κ3) is 2.31. The van der Waals surface area contributed by atoms with E-state index in [0.29, 0.717) is 5.69 Å². The first kappa shape index (κ1) is 13.4. The molecule has 108 valence electrons. The van der Waals surface area contributed by atoms with Crippen molar-refractivity contribution in [2.45, 2.75) is 26.3 Å². The number of carbonyl (C=O) groups excluding carboxylic acids is 2. The molecule has 5 nitrogen and oxygen atoms in total. The van der Waals surface area contributed by atoms with Crippen LogP contribution in [0.25, 0.3) is 0 Å². The van der Waals surface area contributed by atoms with E-state index in [-0.39, 0.29) is 18.2 Å². The molecular weight excluding hydrogens is 266 g/mol. The minimum Gasteiger partial charge on any atom is -0.313 e. The molecule has 1 N–H and O–H groups in total. The fourth-order valence-electron chi connectivity index (χ4n) is 2.61. The number of rotatable bonds is 3. The summed E-state index contributed by atoms with van der Waals surface area (Å²) in [7, 11) is 0. The van der Waals surface area contributed by atoms with E-state index in [0.717, 1.165) is 11.4 Å². The van der Waals surface area contributed by atoms with Crippen molar-refractivity contribution in [3.8, 4) is 0 Å². The number of imide groups is 1. The molecule has 1 unspecified atom stereocenters. The fraction of sp³-hybridized carbons (Fsp3) is 0.250. The van der Waals surface area contributed by atoms with Gasteiger partial charge in [-0.05, 0) is 38.1 Å². The number of nitrogens with one attached hydrogen (secondary N) is 1. The first-order valence-corrected chi connectivity index (χ1v) is 6.91. The summed E-state index contributed by atoms with van der Waals surface area (Å²) in [6, 6.07) is 12.4. The molecule has 0 bridgehead atoms. The fourth-order valence-corrected chi connectivity index (χ4v) is 2.61. The lowest BCUT2D eigenvalue weighted by Crippen LogP contribution is -2.38. The van der Waals surface area contributed by atoms with E-state index < -0.39 is 6.04 Å². The van der Waals surface area contributed by atoms with Gasteiger partial charge >= 0.3 is 0 Å². The Morgan fingerprint density at radius 2 is 1.62 bits per heavy atom. The van der Waals surface area contributed by atoms with Gasteiger partial charge in [-0.25, -0.2) is 4.90 Å². The third-order valence-corrected chi connectivity index (χ3v) is 3.72. The molecular formula is C16H17N3O2. The number of amides is 2. The van der Waals surface area contributed by atoms with E-state index in [2.05, 4.69) is 5.43 Å². The maximum atomic E-state index is 12.5. The number of aromatic nitrogens is 1. The van der Waals surface area contributed by atoms with Crippen molar-refractivity contribution in [1.29, 1.82) is 0 Å². The Labute approximate surface area is 123 Å². The van der Waals surface area contributed by atoms with Crippen LogP contribution in [0.5, 0.6) is 0 Å². The molecule has 21 heavy (non-hydrogen) atoms. The van der Waals surface area contributed by atoms with Crippen LogP contribution < -0.4 is 10.3 Å². The number of para-hydroxylation sites is 1. The molecule has 1 aliphatic rings. The first-order valence-electron chi connectivity index (χ1n) is 6.91. The van der Waals surface area contributed by atoms with Crippen LogP contribution in [0, 0.1) is 13.8 Å². The zero-order valence-electron chi connectivity index (χ0n) is 12.0. The summed E-state index contributed by atoms with van der Waals surface area (Å²) in [6.45, 7) is 3.91. The zero-order valence-corrected chi connectivity index (χ0v) is 12.0. The highest BCUT2D eigenvalue weighted by Gasteiger charge is 2.39. The van der Waals surface area contributed by atoms with Gasteiger partial charge in [0.05, 0.1) is 12.1 Å².